The summed E-state index contributed by atoms with van der Waals surface area (Å²) in [4.78, 5) is 10.7. The number of nitrogens with one attached hydrogen (secondary N) is 1. The molecule has 0 aromatic carbocycles. The van der Waals surface area contributed by atoms with Crippen molar-refractivity contribution in [2.75, 3.05) is 13.1 Å². The second-order valence-corrected chi connectivity index (χ2v) is 6.57. The van der Waals surface area contributed by atoms with Crippen LogP contribution < -0.4 is 11.1 Å². The molecule has 0 rings (SSSR count). The quantitative estimate of drug-likeness (QED) is 0.374. The van der Waals surface area contributed by atoms with Gasteiger partial charge in [0.15, 0.2) is 0 Å². The molecule has 0 saturated carbocycles. The van der Waals surface area contributed by atoms with Crippen LogP contribution in [0, 0.1) is 0 Å². The summed E-state index contributed by atoms with van der Waals surface area (Å²) < 4.78 is 0. The Labute approximate surface area is 138 Å². The van der Waals surface area contributed by atoms with E-state index in [0.717, 1.165) is 19.5 Å². The van der Waals surface area contributed by atoms with Crippen molar-refractivity contribution >= 4 is 5.91 Å². The van der Waals surface area contributed by atoms with Gasteiger partial charge >= 0.3 is 0 Å². The van der Waals surface area contributed by atoms with Crippen molar-refractivity contribution in [3.8, 4) is 0 Å². The summed E-state index contributed by atoms with van der Waals surface area (Å²) >= 11 is 0. The van der Waals surface area contributed by atoms with Crippen LogP contribution in [0.25, 0.3) is 0 Å². The van der Waals surface area contributed by atoms with Crippen LogP contribution in [0.1, 0.15) is 103 Å². The molecule has 3 nitrogen and oxygen atoms in total. The number of hydrogen-bond donors (Lipinski definition) is 2. The van der Waals surface area contributed by atoms with E-state index in [9.17, 15) is 4.79 Å². The molecule has 1 amide bonds. The zero-order chi connectivity index (χ0) is 16.3. The average molecular weight is 313 g/mol. The fourth-order valence-electron chi connectivity index (χ4n) is 2.83. The highest BCUT2D eigenvalue weighted by Crippen LogP contribution is 2.13. The predicted octanol–water partition coefficient (Wildman–Crippen LogP) is 4.93. The number of hydrogen-bond acceptors (Lipinski definition) is 2. The van der Waals surface area contributed by atoms with Crippen LogP contribution in [0.3, 0.4) is 0 Å². The minimum Gasteiger partial charge on any atom is -0.356 e. The largest absolute Gasteiger partial charge is 0.356 e. The normalized spacial score (nSPS) is 10.8. The van der Waals surface area contributed by atoms with E-state index < -0.39 is 0 Å². The fraction of sp³-hybridized carbons (Fsp3) is 0.947. The highest BCUT2D eigenvalue weighted by Gasteiger charge is 1.95. The lowest BCUT2D eigenvalue weighted by atomic mass is 10.0. The van der Waals surface area contributed by atoms with Crippen LogP contribution in [0.5, 0.6) is 0 Å². The molecule has 0 bridgehead atoms. The number of carbonyl (C=O) groups is 1. The molecule has 132 valence electrons. The summed E-state index contributed by atoms with van der Waals surface area (Å²) in [5.74, 6) is 0.0931. The third-order valence-corrected chi connectivity index (χ3v) is 4.25. The Morgan fingerprint density at radius 1 is 0.636 bits per heavy atom. The first-order valence-corrected chi connectivity index (χ1v) is 9.72. The van der Waals surface area contributed by atoms with Crippen molar-refractivity contribution in [2.24, 2.45) is 5.73 Å². The molecule has 0 unspecified atom stereocenters. The SMILES string of the molecule is CC(=O)NCCCCCCCCCCCCCCCCCN. The average Bonchev–Trinajstić information content (AvgIpc) is 2.50. The number of nitrogens with two attached hydrogens (primary N) is 1. The summed E-state index contributed by atoms with van der Waals surface area (Å²) in [6, 6.07) is 0. The van der Waals surface area contributed by atoms with Gasteiger partial charge in [0, 0.05) is 13.5 Å². The van der Waals surface area contributed by atoms with E-state index in [0.29, 0.717) is 0 Å². The molecule has 22 heavy (non-hydrogen) atoms. The van der Waals surface area contributed by atoms with Crippen molar-refractivity contribution < 1.29 is 4.79 Å². The Morgan fingerprint density at radius 2 is 0.955 bits per heavy atom. The van der Waals surface area contributed by atoms with Crippen LogP contribution in [0.4, 0.5) is 0 Å². The highest BCUT2D eigenvalue weighted by atomic mass is 16.1. The van der Waals surface area contributed by atoms with Crippen molar-refractivity contribution in [2.45, 2.75) is 103 Å². The Morgan fingerprint density at radius 3 is 1.27 bits per heavy atom. The summed E-state index contributed by atoms with van der Waals surface area (Å²) in [5.41, 5.74) is 5.48. The molecule has 0 aromatic heterocycles. The molecule has 0 spiro atoms. The first kappa shape index (κ1) is 21.4. The van der Waals surface area contributed by atoms with Gasteiger partial charge in [-0.05, 0) is 19.4 Å². The molecule has 0 aliphatic carbocycles. The lowest BCUT2D eigenvalue weighted by Gasteiger charge is -2.04. The Hall–Kier alpha value is -0.570. The minimum atomic E-state index is 0.0931. The third-order valence-electron chi connectivity index (χ3n) is 4.25. The molecule has 3 heteroatoms. The number of carbonyl (C=O) groups excluding carboxylic acids is 1. The van der Waals surface area contributed by atoms with Crippen LogP contribution in [0.2, 0.25) is 0 Å². The predicted molar refractivity (Wildman–Crippen MR) is 97.0 cm³/mol. The second kappa shape index (κ2) is 18.5. The van der Waals surface area contributed by atoms with Crippen LogP contribution in [-0.4, -0.2) is 19.0 Å². The molecule has 0 aliphatic rings. The molecular formula is C19H40N2O. The van der Waals surface area contributed by atoms with E-state index in [1.807, 2.05) is 0 Å². The molecule has 0 fully saturated rings. The van der Waals surface area contributed by atoms with Gasteiger partial charge in [0.05, 0.1) is 0 Å². The topological polar surface area (TPSA) is 55.1 Å². The first-order chi connectivity index (χ1) is 10.8. The summed E-state index contributed by atoms with van der Waals surface area (Å²) in [6.07, 6.45) is 20.3. The number of rotatable bonds is 17. The van der Waals surface area contributed by atoms with Gasteiger partial charge in [-0.3, -0.25) is 4.79 Å². The number of unbranched alkanes of at least 4 members (excludes halogenated alkanes) is 14. The maximum atomic E-state index is 10.7. The standard InChI is InChI=1S/C19H40N2O/c1-19(22)21-18-16-14-12-10-8-6-4-2-3-5-7-9-11-13-15-17-20/h2-18,20H2,1H3,(H,21,22). The van der Waals surface area contributed by atoms with Crippen LogP contribution >= 0.6 is 0 Å². The van der Waals surface area contributed by atoms with E-state index >= 15 is 0 Å². The smallest absolute Gasteiger partial charge is 0.216 e. The molecule has 0 radical (unpaired) electrons. The first-order valence-electron chi connectivity index (χ1n) is 9.72. The Kier molecular flexibility index (Phi) is 18.0. The molecule has 3 N–H and O–H groups in total. The van der Waals surface area contributed by atoms with E-state index in [4.69, 9.17) is 5.73 Å². The second-order valence-electron chi connectivity index (χ2n) is 6.57. The fourth-order valence-corrected chi connectivity index (χ4v) is 2.83. The van der Waals surface area contributed by atoms with E-state index in [1.165, 1.54) is 89.9 Å². The monoisotopic (exact) mass is 312 g/mol. The van der Waals surface area contributed by atoms with Crippen LogP contribution in [-0.2, 0) is 4.79 Å². The zero-order valence-electron chi connectivity index (χ0n) is 15.0. The molecule has 0 aliphatic heterocycles. The molecule has 0 saturated heterocycles. The van der Waals surface area contributed by atoms with Crippen molar-refractivity contribution in [1.82, 2.24) is 5.32 Å². The summed E-state index contributed by atoms with van der Waals surface area (Å²) in [7, 11) is 0. The summed E-state index contributed by atoms with van der Waals surface area (Å²) in [6.45, 7) is 3.29. The Balaban J connectivity index is 2.95. The van der Waals surface area contributed by atoms with Gasteiger partial charge < -0.3 is 11.1 Å². The van der Waals surface area contributed by atoms with Gasteiger partial charge in [-0.1, -0.05) is 83.5 Å². The zero-order valence-corrected chi connectivity index (χ0v) is 15.0. The van der Waals surface area contributed by atoms with E-state index in [-0.39, 0.29) is 5.91 Å². The van der Waals surface area contributed by atoms with Crippen molar-refractivity contribution in [3.63, 3.8) is 0 Å². The van der Waals surface area contributed by atoms with Gasteiger partial charge in [-0.25, -0.2) is 0 Å². The van der Waals surface area contributed by atoms with Gasteiger partial charge in [0.2, 0.25) is 5.91 Å². The van der Waals surface area contributed by atoms with E-state index in [1.54, 1.807) is 6.92 Å². The van der Waals surface area contributed by atoms with Crippen molar-refractivity contribution in [1.29, 1.82) is 0 Å². The van der Waals surface area contributed by atoms with Gasteiger partial charge in [0.1, 0.15) is 0 Å². The minimum absolute atomic E-state index is 0.0931. The number of amides is 1. The van der Waals surface area contributed by atoms with Gasteiger partial charge in [-0.2, -0.15) is 0 Å². The molecule has 0 atom stereocenters. The molecule has 0 aromatic rings. The van der Waals surface area contributed by atoms with Gasteiger partial charge in [0.25, 0.3) is 0 Å². The van der Waals surface area contributed by atoms with Crippen LogP contribution in [0.15, 0.2) is 0 Å². The summed E-state index contributed by atoms with van der Waals surface area (Å²) in [5, 5.41) is 2.85. The highest BCUT2D eigenvalue weighted by molar-refractivity contribution is 5.72. The lowest BCUT2D eigenvalue weighted by molar-refractivity contribution is -0.118. The Bertz CT molecular complexity index is 231. The van der Waals surface area contributed by atoms with E-state index in [2.05, 4.69) is 5.32 Å². The molecule has 0 heterocycles. The maximum absolute atomic E-state index is 10.7. The van der Waals surface area contributed by atoms with Crippen molar-refractivity contribution in [3.05, 3.63) is 0 Å². The maximum Gasteiger partial charge on any atom is 0.216 e. The third kappa shape index (κ3) is 19.4. The lowest BCUT2D eigenvalue weighted by Crippen LogP contribution is -2.20. The molecular weight excluding hydrogens is 272 g/mol. The van der Waals surface area contributed by atoms with Gasteiger partial charge in [-0.15, -0.1) is 0 Å².